The van der Waals surface area contributed by atoms with Crippen molar-refractivity contribution in [1.82, 2.24) is 4.90 Å². The monoisotopic (exact) mass is 308 g/mol. The molecule has 1 aliphatic rings. The molecule has 0 saturated carbocycles. The van der Waals surface area contributed by atoms with Crippen LogP contribution in [0, 0.1) is 18.7 Å². The summed E-state index contributed by atoms with van der Waals surface area (Å²) in [5.41, 5.74) is 0.935. The second-order valence-corrected chi connectivity index (χ2v) is 5.45. The minimum absolute atomic E-state index is 0.147. The van der Waals surface area contributed by atoms with Crippen molar-refractivity contribution in [1.29, 1.82) is 0 Å². The molecule has 1 aliphatic heterocycles. The van der Waals surface area contributed by atoms with E-state index in [9.17, 15) is 14.0 Å². The van der Waals surface area contributed by atoms with E-state index < -0.39 is 11.8 Å². The minimum Gasteiger partial charge on any atom is -0.466 e. The summed E-state index contributed by atoms with van der Waals surface area (Å²) < 4.78 is 18.8. The average molecular weight is 308 g/mol. The van der Waals surface area contributed by atoms with Gasteiger partial charge in [0.25, 0.3) is 0 Å². The molecule has 1 heterocycles. The van der Waals surface area contributed by atoms with Gasteiger partial charge < -0.3 is 15.0 Å². The smallest absolute Gasteiger partial charge is 0.321 e. The van der Waals surface area contributed by atoms with E-state index in [-0.39, 0.29) is 17.6 Å². The average Bonchev–Trinajstić information content (AvgIpc) is 2.50. The van der Waals surface area contributed by atoms with Crippen LogP contribution in [0.25, 0.3) is 0 Å². The van der Waals surface area contributed by atoms with E-state index in [4.69, 9.17) is 4.74 Å². The zero-order chi connectivity index (χ0) is 16.1. The normalized spacial score (nSPS) is 18.0. The van der Waals surface area contributed by atoms with E-state index in [0.29, 0.717) is 26.1 Å². The summed E-state index contributed by atoms with van der Waals surface area (Å²) in [6, 6.07) is 4.25. The zero-order valence-corrected chi connectivity index (χ0v) is 12.9. The number of likely N-dealkylation sites (tertiary alicyclic amines) is 1. The molecule has 0 spiro atoms. The molecule has 120 valence electrons. The highest BCUT2D eigenvalue weighted by Gasteiger charge is 2.29. The number of ether oxygens (including phenoxy) is 1. The van der Waals surface area contributed by atoms with E-state index in [1.165, 1.54) is 17.0 Å². The van der Waals surface area contributed by atoms with Gasteiger partial charge in [0.05, 0.1) is 18.2 Å². The highest BCUT2D eigenvalue weighted by molar-refractivity contribution is 5.90. The molecule has 1 saturated heterocycles. The van der Waals surface area contributed by atoms with Gasteiger partial charge in [0.15, 0.2) is 0 Å². The molecule has 2 rings (SSSR count). The lowest BCUT2D eigenvalue weighted by Gasteiger charge is -2.31. The predicted molar refractivity (Wildman–Crippen MR) is 81.1 cm³/mol. The topological polar surface area (TPSA) is 58.6 Å². The number of carbonyl (C=O) groups is 2. The van der Waals surface area contributed by atoms with Crippen LogP contribution in [0.15, 0.2) is 18.2 Å². The summed E-state index contributed by atoms with van der Waals surface area (Å²) >= 11 is 0. The number of rotatable bonds is 3. The Morgan fingerprint density at radius 3 is 2.91 bits per heavy atom. The van der Waals surface area contributed by atoms with Gasteiger partial charge in [0, 0.05) is 13.1 Å². The van der Waals surface area contributed by atoms with Crippen molar-refractivity contribution in [3.8, 4) is 0 Å². The van der Waals surface area contributed by atoms with Crippen LogP contribution in [0.3, 0.4) is 0 Å². The third-order valence-electron chi connectivity index (χ3n) is 3.69. The number of urea groups is 1. The Bertz CT molecular complexity index is 562. The minimum atomic E-state index is -0.465. The quantitative estimate of drug-likeness (QED) is 0.873. The van der Waals surface area contributed by atoms with Crippen LogP contribution in [-0.2, 0) is 9.53 Å². The van der Waals surface area contributed by atoms with Crippen LogP contribution in [0.1, 0.15) is 25.3 Å². The number of halogens is 1. The summed E-state index contributed by atoms with van der Waals surface area (Å²) in [6.45, 7) is 4.72. The van der Waals surface area contributed by atoms with Crippen molar-refractivity contribution in [2.75, 3.05) is 25.0 Å². The maximum atomic E-state index is 13.8. The first kappa shape index (κ1) is 16.3. The van der Waals surface area contributed by atoms with Gasteiger partial charge in [-0.05, 0) is 44.4 Å². The number of nitrogens with zero attached hydrogens (tertiary/aromatic N) is 1. The molecule has 0 bridgehead atoms. The predicted octanol–water partition coefficient (Wildman–Crippen LogP) is 2.94. The molecule has 0 aliphatic carbocycles. The molecule has 0 unspecified atom stereocenters. The Morgan fingerprint density at radius 1 is 1.45 bits per heavy atom. The fourth-order valence-corrected chi connectivity index (χ4v) is 2.53. The number of aryl methyl sites for hydroxylation is 1. The van der Waals surface area contributed by atoms with E-state index in [2.05, 4.69) is 5.32 Å². The third-order valence-corrected chi connectivity index (χ3v) is 3.69. The molecule has 1 aromatic carbocycles. The third kappa shape index (κ3) is 3.96. The van der Waals surface area contributed by atoms with Crippen LogP contribution in [-0.4, -0.2) is 36.6 Å². The number of piperidine rings is 1. The summed E-state index contributed by atoms with van der Waals surface area (Å²) in [6.07, 6.45) is 1.44. The van der Waals surface area contributed by atoms with Crippen molar-refractivity contribution in [3.63, 3.8) is 0 Å². The molecule has 6 heteroatoms. The Hall–Kier alpha value is -2.11. The van der Waals surface area contributed by atoms with Gasteiger partial charge in [-0.3, -0.25) is 4.79 Å². The second-order valence-electron chi connectivity index (χ2n) is 5.45. The number of amides is 2. The van der Waals surface area contributed by atoms with Crippen LogP contribution in [0.2, 0.25) is 0 Å². The molecule has 1 fully saturated rings. The first-order valence-electron chi connectivity index (χ1n) is 7.50. The van der Waals surface area contributed by atoms with Gasteiger partial charge in [-0.25, -0.2) is 9.18 Å². The zero-order valence-electron chi connectivity index (χ0n) is 12.9. The van der Waals surface area contributed by atoms with E-state index >= 15 is 0 Å². The molecule has 1 atom stereocenters. The Balaban J connectivity index is 1.98. The number of carbonyl (C=O) groups excluding carboxylic acids is 2. The summed E-state index contributed by atoms with van der Waals surface area (Å²) in [4.78, 5) is 25.5. The Kier molecular flexibility index (Phi) is 5.35. The van der Waals surface area contributed by atoms with Crippen molar-refractivity contribution < 1.29 is 18.7 Å². The molecule has 0 aromatic heterocycles. The molecule has 2 amide bonds. The highest BCUT2D eigenvalue weighted by Crippen LogP contribution is 2.20. The van der Waals surface area contributed by atoms with E-state index in [1.807, 2.05) is 0 Å². The second kappa shape index (κ2) is 7.24. The number of nitrogens with one attached hydrogen (secondary N) is 1. The fraction of sp³-hybridized carbons (Fsp3) is 0.500. The fourth-order valence-electron chi connectivity index (χ4n) is 2.53. The van der Waals surface area contributed by atoms with Crippen molar-refractivity contribution >= 4 is 17.7 Å². The Morgan fingerprint density at radius 2 is 2.23 bits per heavy atom. The van der Waals surface area contributed by atoms with Gasteiger partial charge in [-0.2, -0.15) is 0 Å². The largest absolute Gasteiger partial charge is 0.466 e. The van der Waals surface area contributed by atoms with Crippen LogP contribution >= 0.6 is 0 Å². The molecule has 1 aromatic rings. The molecule has 5 nitrogen and oxygen atoms in total. The van der Waals surface area contributed by atoms with Gasteiger partial charge in [0.1, 0.15) is 5.82 Å². The lowest BCUT2D eigenvalue weighted by molar-refractivity contribution is -0.149. The van der Waals surface area contributed by atoms with E-state index in [1.54, 1.807) is 19.9 Å². The number of hydrogen-bond acceptors (Lipinski definition) is 3. The number of esters is 1. The van der Waals surface area contributed by atoms with Gasteiger partial charge in [-0.15, -0.1) is 0 Å². The molecule has 1 N–H and O–H groups in total. The van der Waals surface area contributed by atoms with Gasteiger partial charge in [-0.1, -0.05) is 6.07 Å². The maximum Gasteiger partial charge on any atom is 0.321 e. The van der Waals surface area contributed by atoms with Crippen molar-refractivity contribution in [3.05, 3.63) is 29.6 Å². The lowest BCUT2D eigenvalue weighted by atomic mass is 9.98. The van der Waals surface area contributed by atoms with Crippen LogP contribution < -0.4 is 5.32 Å². The van der Waals surface area contributed by atoms with Crippen molar-refractivity contribution in [2.45, 2.75) is 26.7 Å². The van der Waals surface area contributed by atoms with Gasteiger partial charge >= 0.3 is 12.0 Å². The standard InChI is InChI=1S/C16H21FN2O3/c1-3-22-15(20)12-5-4-8-19(10-12)16(21)18-14-7-6-11(2)9-13(14)17/h6-7,9,12H,3-5,8,10H2,1-2H3,(H,18,21)/t12-/m1/s1. The molecule has 22 heavy (non-hydrogen) atoms. The Labute approximate surface area is 129 Å². The first-order valence-corrected chi connectivity index (χ1v) is 7.50. The van der Waals surface area contributed by atoms with Crippen LogP contribution in [0.5, 0.6) is 0 Å². The van der Waals surface area contributed by atoms with Crippen LogP contribution in [0.4, 0.5) is 14.9 Å². The lowest BCUT2D eigenvalue weighted by Crippen LogP contribution is -2.44. The highest BCUT2D eigenvalue weighted by atomic mass is 19.1. The molecular weight excluding hydrogens is 287 g/mol. The first-order chi connectivity index (χ1) is 10.5. The SMILES string of the molecule is CCOC(=O)[C@@H]1CCCN(C(=O)Nc2ccc(C)cc2F)C1. The van der Waals surface area contributed by atoms with E-state index in [0.717, 1.165) is 12.0 Å². The molecule has 0 radical (unpaired) electrons. The summed E-state index contributed by atoms with van der Waals surface area (Å²) in [7, 11) is 0. The summed E-state index contributed by atoms with van der Waals surface area (Å²) in [5, 5.41) is 2.56. The summed E-state index contributed by atoms with van der Waals surface area (Å²) in [5.74, 6) is -1.05. The maximum absolute atomic E-state index is 13.8. The van der Waals surface area contributed by atoms with Crippen molar-refractivity contribution in [2.24, 2.45) is 5.92 Å². The number of anilines is 1. The number of hydrogen-bond donors (Lipinski definition) is 1. The number of benzene rings is 1. The van der Waals surface area contributed by atoms with Gasteiger partial charge in [0.2, 0.25) is 0 Å². The molecular formula is C16H21FN2O3.